The molecule has 7 nitrogen and oxygen atoms in total. The Morgan fingerprint density at radius 3 is 2.93 bits per heavy atom. The number of morpholine rings is 1. The van der Waals surface area contributed by atoms with Crippen LogP contribution in [0.3, 0.4) is 0 Å². The van der Waals surface area contributed by atoms with Crippen molar-refractivity contribution >= 4 is 51.4 Å². The summed E-state index contributed by atoms with van der Waals surface area (Å²) in [7, 11) is 0. The molecule has 0 N–H and O–H groups in total. The van der Waals surface area contributed by atoms with Crippen molar-refractivity contribution in [2.75, 3.05) is 43.5 Å². The van der Waals surface area contributed by atoms with Crippen molar-refractivity contribution < 1.29 is 9.15 Å². The molecule has 0 spiro atoms. The summed E-state index contributed by atoms with van der Waals surface area (Å²) in [5.41, 5.74) is 3.17. The van der Waals surface area contributed by atoms with Gasteiger partial charge < -0.3 is 14.1 Å². The number of likely N-dealkylation sites (tertiary alicyclic amines) is 1. The molecule has 3 aromatic rings. The van der Waals surface area contributed by atoms with Crippen LogP contribution in [-0.2, 0) is 11.3 Å². The van der Waals surface area contributed by atoms with Gasteiger partial charge in [0.1, 0.15) is 5.52 Å². The van der Waals surface area contributed by atoms with Crippen molar-refractivity contribution in [1.29, 1.82) is 0 Å². The third-order valence-electron chi connectivity index (χ3n) is 5.89. The summed E-state index contributed by atoms with van der Waals surface area (Å²) in [6.07, 6.45) is 3.24. The fraction of sp³-hybridized carbons (Fsp3) is 0.526. The number of pyridine rings is 1. The van der Waals surface area contributed by atoms with Crippen molar-refractivity contribution in [2.45, 2.75) is 24.3 Å². The number of furan rings is 1. The summed E-state index contributed by atoms with van der Waals surface area (Å²) < 4.78 is 11.5. The van der Waals surface area contributed by atoms with Crippen LogP contribution >= 0.6 is 23.4 Å². The van der Waals surface area contributed by atoms with Gasteiger partial charge in [0.05, 0.1) is 18.6 Å². The monoisotopic (exact) mass is 417 g/mol. The van der Waals surface area contributed by atoms with Gasteiger partial charge in [0.15, 0.2) is 11.4 Å². The molecule has 6 rings (SSSR count). The molecule has 0 aliphatic carbocycles. The van der Waals surface area contributed by atoms with Crippen LogP contribution in [0.1, 0.15) is 12.0 Å². The zero-order valence-corrected chi connectivity index (χ0v) is 16.9. The summed E-state index contributed by atoms with van der Waals surface area (Å²) in [6.45, 7) is 4.95. The number of fused-ring (bicyclic) bond motifs is 5. The van der Waals surface area contributed by atoms with Crippen LogP contribution in [0.15, 0.2) is 16.7 Å². The molecule has 0 aromatic carbocycles. The Balaban J connectivity index is 1.40. The van der Waals surface area contributed by atoms with Crippen LogP contribution in [0.25, 0.3) is 22.2 Å². The lowest BCUT2D eigenvalue weighted by Crippen LogP contribution is -2.36. The van der Waals surface area contributed by atoms with E-state index in [2.05, 4.69) is 42.6 Å². The normalized spacial score (nSPS) is 25.4. The van der Waals surface area contributed by atoms with E-state index in [0.717, 1.165) is 41.6 Å². The summed E-state index contributed by atoms with van der Waals surface area (Å²) >= 11 is 8.38. The van der Waals surface area contributed by atoms with Gasteiger partial charge in [-0.2, -0.15) is 16.7 Å². The molecule has 0 amide bonds. The van der Waals surface area contributed by atoms with Gasteiger partial charge in [-0.3, -0.25) is 4.90 Å². The van der Waals surface area contributed by atoms with E-state index >= 15 is 0 Å². The largest absolute Gasteiger partial charge is 0.432 e. The minimum Gasteiger partial charge on any atom is -0.432 e. The Morgan fingerprint density at radius 1 is 1.25 bits per heavy atom. The minimum absolute atomic E-state index is 0.232. The quantitative estimate of drug-likeness (QED) is 0.602. The van der Waals surface area contributed by atoms with Gasteiger partial charge in [0, 0.05) is 49.4 Å². The van der Waals surface area contributed by atoms with Crippen LogP contribution in [0.2, 0.25) is 5.28 Å². The molecular formula is C19H20ClN5O2S. The Hall–Kier alpha value is -1.61. The Kier molecular flexibility index (Phi) is 4.15. The topological polar surface area (TPSA) is 67.5 Å². The zero-order valence-electron chi connectivity index (χ0n) is 15.3. The number of hydrogen-bond donors (Lipinski definition) is 0. The molecule has 3 saturated heterocycles. The molecule has 2 bridgehead atoms. The van der Waals surface area contributed by atoms with Gasteiger partial charge in [-0.1, -0.05) is 0 Å². The van der Waals surface area contributed by atoms with Crippen LogP contribution in [-0.4, -0.2) is 69.7 Å². The maximum absolute atomic E-state index is 6.27. The number of thioether (sulfide) groups is 1. The second-order valence-corrected chi connectivity index (χ2v) is 9.34. The second-order valence-electron chi connectivity index (χ2n) is 7.67. The summed E-state index contributed by atoms with van der Waals surface area (Å²) in [6, 6.07) is 2.86. The molecular weight excluding hydrogens is 398 g/mol. The van der Waals surface area contributed by atoms with E-state index in [-0.39, 0.29) is 5.28 Å². The first-order chi connectivity index (χ1) is 13.7. The number of halogens is 1. The van der Waals surface area contributed by atoms with Gasteiger partial charge >= 0.3 is 0 Å². The van der Waals surface area contributed by atoms with E-state index < -0.39 is 0 Å². The van der Waals surface area contributed by atoms with Crippen molar-refractivity contribution in [3.8, 4) is 0 Å². The maximum atomic E-state index is 6.27. The van der Waals surface area contributed by atoms with E-state index in [1.807, 2.05) is 6.20 Å². The highest BCUT2D eigenvalue weighted by atomic mass is 35.5. The summed E-state index contributed by atoms with van der Waals surface area (Å²) in [5.74, 6) is 1.98. The third-order valence-corrected chi connectivity index (χ3v) is 7.45. The molecule has 28 heavy (non-hydrogen) atoms. The van der Waals surface area contributed by atoms with Crippen LogP contribution in [0.5, 0.6) is 0 Å². The first-order valence-electron chi connectivity index (χ1n) is 9.67. The average molecular weight is 418 g/mol. The van der Waals surface area contributed by atoms with Gasteiger partial charge in [-0.25, -0.2) is 9.97 Å². The van der Waals surface area contributed by atoms with Gasteiger partial charge in [-0.05, 0) is 29.7 Å². The molecule has 3 fully saturated rings. The maximum Gasteiger partial charge on any atom is 0.229 e. The first kappa shape index (κ1) is 17.3. The van der Waals surface area contributed by atoms with Crippen molar-refractivity contribution in [1.82, 2.24) is 19.9 Å². The van der Waals surface area contributed by atoms with E-state index in [1.54, 1.807) is 0 Å². The van der Waals surface area contributed by atoms with E-state index in [9.17, 15) is 0 Å². The Morgan fingerprint density at radius 2 is 2.14 bits per heavy atom. The summed E-state index contributed by atoms with van der Waals surface area (Å²) in [5, 5.41) is 1.94. The predicted molar refractivity (Wildman–Crippen MR) is 110 cm³/mol. The molecule has 0 saturated carbocycles. The van der Waals surface area contributed by atoms with Crippen molar-refractivity contribution in [3.05, 3.63) is 23.1 Å². The number of anilines is 1. The van der Waals surface area contributed by atoms with Gasteiger partial charge in [0.2, 0.25) is 11.0 Å². The van der Waals surface area contributed by atoms with Gasteiger partial charge in [0.25, 0.3) is 0 Å². The SMILES string of the molecule is Clc1nc(N2CCOCC2)c2oc3ncc(CN4C[C@@H]5C[C@H]4CS5)cc3c2n1. The molecule has 3 aromatic heterocycles. The number of hydrogen-bond acceptors (Lipinski definition) is 8. The number of nitrogens with zero attached hydrogens (tertiary/aromatic N) is 5. The zero-order chi connectivity index (χ0) is 18.7. The van der Waals surface area contributed by atoms with Crippen LogP contribution in [0, 0.1) is 0 Å². The smallest absolute Gasteiger partial charge is 0.229 e. The van der Waals surface area contributed by atoms with Crippen LogP contribution < -0.4 is 4.90 Å². The second kappa shape index (κ2) is 6.73. The number of ether oxygens (including phenoxy) is 1. The first-order valence-corrected chi connectivity index (χ1v) is 11.1. The van der Waals surface area contributed by atoms with Crippen molar-refractivity contribution in [3.63, 3.8) is 0 Å². The standard InChI is InChI=1S/C19H20ClN5O2S/c20-19-22-15-14-5-11(8-25-9-13-6-12(25)10-28-13)7-21-18(14)27-16(15)17(23-19)24-1-3-26-4-2-24/h5,7,12-13H,1-4,6,8-10H2/t12-,13-/m0/s1. The molecule has 2 atom stereocenters. The Labute approximate surface area is 171 Å². The molecule has 146 valence electrons. The molecule has 6 heterocycles. The lowest BCUT2D eigenvalue weighted by atomic mass is 10.2. The molecule has 0 unspecified atom stereocenters. The highest BCUT2D eigenvalue weighted by Crippen LogP contribution is 2.39. The average Bonchev–Trinajstić information content (AvgIpc) is 3.42. The minimum atomic E-state index is 0.232. The highest BCUT2D eigenvalue weighted by molar-refractivity contribution is 8.00. The fourth-order valence-corrected chi connectivity index (χ4v) is 6.18. The lowest BCUT2D eigenvalue weighted by molar-refractivity contribution is 0.122. The number of rotatable bonds is 3. The Bertz CT molecular complexity index is 1050. The lowest BCUT2D eigenvalue weighted by Gasteiger charge is -2.27. The molecule has 3 aliphatic heterocycles. The molecule has 0 radical (unpaired) electrons. The number of aromatic nitrogens is 3. The molecule has 3 aliphatic rings. The van der Waals surface area contributed by atoms with E-state index in [0.29, 0.717) is 30.6 Å². The van der Waals surface area contributed by atoms with Gasteiger partial charge in [-0.15, -0.1) is 0 Å². The summed E-state index contributed by atoms with van der Waals surface area (Å²) in [4.78, 5) is 18.2. The third kappa shape index (κ3) is 2.85. The van der Waals surface area contributed by atoms with E-state index in [4.69, 9.17) is 20.8 Å². The molecule has 9 heteroatoms. The van der Waals surface area contributed by atoms with Crippen LogP contribution in [0.4, 0.5) is 5.82 Å². The van der Waals surface area contributed by atoms with Crippen molar-refractivity contribution in [2.24, 2.45) is 0 Å². The predicted octanol–water partition coefficient (Wildman–Crippen LogP) is 2.95. The fourth-order valence-electron chi connectivity index (χ4n) is 4.51. The highest BCUT2D eigenvalue weighted by Gasteiger charge is 2.38. The van der Waals surface area contributed by atoms with E-state index in [1.165, 1.54) is 24.3 Å².